The van der Waals surface area contributed by atoms with Crippen molar-refractivity contribution in [2.45, 2.75) is 6.54 Å². The van der Waals surface area contributed by atoms with Crippen molar-refractivity contribution in [1.29, 1.82) is 0 Å². The van der Waals surface area contributed by atoms with Gasteiger partial charge in [-0.2, -0.15) is 5.10 Å². The van der Waals surface area contributed by atoms with Gasteiger partial charge in [-0.25, -0.2) is 0 Å². The number of halogens is 1. The van der Waals surface area contributed by atoms with Gasteiger partial charge in [0, 0.05) is 40.0 Å². The predicted molar refractivity (Wildman–Crippen MR) is 58.1 cm³/mol. The smallest absolute Gasteiger partial charge is 0.325 e. The van der Waals surface area contributed by atoms with Crippen LogP contribution in [-0.2, 0) is 11.3 Å². The summed E-state index contributed by atoms with van der Waals surface area (Å²) in [6.07, 6.45) is 1.60. The zero-order valence-corrected chi connectivity index (χ0v) is 10.9. The Morgan fingerprint density at radius 3 is 2.93 bits per heavy atom. The molecule has 6 heteroatoms. The third kappa shape index (κ3) is 2.72. The summed E-state index contributed by atoms with van der Waals surface area (Å²) in [5.41, 5.74) is 0.775. The summed E-state index contributed by atoms with van der Waals surface area (Å²) in [6, 6.07) is 5.22. The number of hydrogen-bond donors (Lipinski definition) is 1. The van der Waals surface area contributed by atoms with E-state index in [4.69, 9.17) is 16.7 Å². The topological polar surface area (TPSA) is 55.1 Å². The summed E-state index contributed by atoms with van der Waals surface area (Å²) >= 11 is 5.78. The maximum absolute atomic E-state index is 10.5. The Labute approximate surface area is 113 Å². The minimum atomic E-state index is -0.912. The summed E-state index contributed by atoms with van der Waals surface area (Å²) in [5, 5.41) is 14.0. The van der Waals surface area contributed by atoms with Crippen molar-refractivity contribution in [3.05, 3.63) is 29.4 Å². The van der Waals surface area contributed by atoms with E-state index in [1.54, 1.807) is 24.4 Å². The molecule has 2 rings (SSSR count). The molecule has 0 fully saturated rings. The van der Waals surface area contributed by atoms with Crippen LogP contribution in [0, 0.1) is 0 Å². The summed E-state index contributed by atoms with van der Waals surface area (Å²) in [4.78, 5) is 10.5. The van der Waals surface area contributed by atoms with Crippen LogP contribution in [0.4, 0.5) is 0 Å². The normalized spacial score (nSPS) is 9.93. The van der Waals surface area contributed by atoms with Gasteiger partial charge in [0.1, 0.15) is 6.54 Å². The Bertz CT molecular complexity index is 498. The van der Waals surface area contributed by atoms with Gasteiger partial charge in [0.15, 0.2) is 0 Å². The molecule has 0 atom stereocenters. The first-order valence-electron chi connectivity index (χ1n) is 4.00. The van der Waals surface area contributed by atoms with Crippen LogP contribution in [0.5, 0.6) is 0 Å². The van der Waals surface area contributed by atoms with Crippen molar-refractivity contribution in [2.24, 2.45) is 0 Å². The van der Waals surface area contributed by atoms with E-state index in [-0.39, 0.29) is 36.1 Å². The molecule has 15 heavy (non-hydrogen) atoms. The molecule has 4 nitrogen and oxygen atoms in total. The number of fused-ring (bicyclic) bond motifs is 1. The number of carboxylic acid groups (broad SMARTS) is 1. The van der Waals surface area contributed by atoms with Crippen LogP contribution in [0.3, 0.4) is 0 Å². The van der Waals surface area contributed by atoms with E-state index in [1.807, 2.05) is 0 Å². The van der Waals surface area contributed by atoms with Gasteiger partial charge in [0.2, 0.25) is 0 Å². The number of benzene rings is 1. The molecule has 0 aliphatic heterocycles. The van der Waals surface area contributed by atoms with Crippen LogP contribution in [-0.4, -0.2) is 50.4 Å². The van der Waals surface area contributed by atoms with Gasteiger partial charge in [-0.05, 0) is 18.2 Å². The van der Waals surface area contributed by atoms with Crippen LogP contribution in [0.1, 0.15) is 0 Å². The van der Waals surface area contributed by atoms with E-state index in [0.29, 0.717) is 5.02 Å². The first-order valence-corrected chi connectivity index (χ1v) is 4.37. The molecule has 1 N–H and O–H groups in total. The fourth-order valence-corrected chi connectivity index (χ4v) is 1.49. The molecule has 0 saturated heterocycles. The maximum Gasteiger partial charge on any atom is 0.325 e. The number of nitrogens with zero attached hydrogens (tertiary/aromatic N) is 2. The Morgan fingerprint density at radius 1 is 1.53 bits per heavy atom. The third-order valence-electron chi connectivity index (χ3n) is 1.89. The molecule has 0 unspecified atom stereocenters. The number of hydrogen-bond acceptors (Lipinski definition) is 2. The predicted octanol–water partition coefficient (Wildman–Crippen LogP) is 1.39. The van der Waals surface area contributed by atoms with Crippen molar-refractivity contribution in [3.63, 3.8) is 0 Å². The molecule has 0 spiro atoms. The van der Waals surface area contributed by atoms with E-state index in [0.717, 1.165) is 10.9 Å². The molecular formula is C9H7ClN2NaO2. The monoisotopic (exact) mass is 233 g/mol. The van der Waals surface area contributed by atoms with Crippen molar-refractivity contribution in [2.75, 3.05) is 0 Å². The Hall–Kier alpha value is -0.550. The van der Waals surface area contributed by atoms with Gasteiger partial charge in [0.05, 0.1) is 11.7 Å². The number of carboxylic acids is 1. The van der Waals surface area contributed by atoms with Crippen LogP contribution in [0.25, 0.3) is 10.9 Å². The molecular weight excluding hydrogens is 227 g/mol. The number of carbonyl (C=O) groups is 1. The SMILES string of the molecule is O=C(O)Cn1ncc2cc(Cl)ccc21.[Na]. The Kier molecular flexibility index (Phi) is 4.16. The third-order valence-corrected chi connectivity index (χ3v) is 2.12. The molecule has 0 amide bonds. The Morgan fingerprint density at radius 2 is 2.27 bits per heavy atom. The van der Waals surface area contributed by atoms with Gasteiger partial charge < -0.3 is 5.11 Å². The van der Waals surface area contributed by atoms with E-state index < -0.39 is 5.97 Å². The van der Waals surface area contributed by atoms with Gasteiger partial charge in [-0.15, -0.1) is 0 Å². The van der Waals surface area contributed by atoms with Crippen molar-refractivity contribution < 1.29 is 9.90 Å². The van der Waals surface area contributed by atoms with Crippen molar-refractivity contribution in [1.82, 2.24) is 9.78 Å². The van der Waals surface area contributed by atoms with E-state index in [2.05, 4.69) is 5.10 Å². The zero-order chi connectivity index (χ0) is 10.1. The molecule has 73 valence electrons. The zero-order valence-electron chi connectivity index (χ0n) is 8.14. The van der Waals surface area contributed by atoms with Gasteiger partial charge in [0.25, 0.3) is 0 Å². The molecule has 0 aliphatic rings. The molecule has 1 heterocycles. The summed E-state index contributed by atoms with van der Waals surface area (Å²) in [5.74, 6) is -0.912. The van der Waals surface area contributed by atoms with Gasteiger partial charge in [-0.1, -0.05) is 11.6 Å². The van der Waals surface area contributed by atoms with Crippen LogP contribution < -0.4 is 0 Å². The fourth-order valence-electron chi connectivity index (χ4n) is 1.31. The second-order valence-corrected chi connectivity index (χ2v) is 3.34. The standard InChI is InChI=1S/C9H7ClN2O2.Na/c10-7-1-2-8-6(3-7)4-11-12(8)5-9(13)14;/h1-4H,5H2,(H,13,14);. The van der Waals surface area contributed by atoms with Crippen molar-refractivity contribution in [3.8, 4) is 0 Å². The van der Waals surface area contributed by atoms with Crippen LogP contribution >= 0.6 is 11.6 Å². The molecule has 2 aromatic rings. The molecule has 0 saturated carbocycles. The average molecular weight is 234 g/mol. The molecule has 1 aromatic heterocycles. The minimum absolute atomic E-state index is 0. The number of rotatable bonds is 2. The van der Waals surface area contributed by atoms with Crippen molar-refractivity contribution >= 4 is 58.0 Å². The first kappa shape index (κ1) is 12.5. The quantitative estimate of drug-likeness (QED) is 0.798. The summed E-state index contributed by atoms with van der Waals surface area (Å²) < 4.78 is 1.42. The first-order chi connectivity index (χ1) is 6.66. The van der Waals surface area contributed by atoms with Crippen LogP contribution in [0.2, 0.25) is 5.02 Å². The van der Waals surface area contributed by atoms with E-state index in [9.17, 15) is 4.79 Å². The molecule has 1 radical (unpaired) electrons. The second-order valence-electron chi connectivity index (χ2n) is 2.90. The van der Waals surface area contributed by atoms with Gasteiger partial charge >= 0.3 is 5.97 Å². The van der Waals surface area contributed by atoms with Gasteiger partial charge in [-0.3, -0.25) is 9.48 Å². The van der Waals surface area contributed by atoms with E-state index >= 15 is 0 Å². The maximum atomic E-state index is 10.5. The van der Waals surface area contributed by atoms with Crippen LogP contribution in [0.15, 0.2) is 24.4 Å². The molecule has 0 aliphatic carbocycles. The summed E-state index contributed by atoms with van der Waals surface area (Å²) in [7, 11) is 0. The summed E-state index contributed by atoms with van der Waals surface area (Å²) in [6.45, 7) is -0.134. The molecule has 1 aromatic carbocycles. The molecule has 0 bridgehead atoms. The average Bonchev–Trinajstić information content (AvgIpc) is 2.47. The van der Waals surface area contributed by atoms with E-state index in [1.165, 1.54) is 4.68 Å². The Balaban J connectivity index is 0.00000112. The largest absolute Gasteiger partial charge is 0.480 e. The second kappa shape index (κ2) is 4.99. The number of aromatic nitrogens is 2. The fraction of sp³-hybridized carbons (Fsp3) is 0.111. The minimum Gasteiger partial charge on any atom is -0.480 e. The number of aliphatic carboxylic acids is 1.